The van der Waals surface area contributed by atoms with Crippen molar-refractivity contribution in [2.45, 2.75) is 11.1 Å². The zero-order valence-electron chi connectivity index (χ0n) is 8.71. The van der Waals surface area contributed by atoms with E-state index in [0.717, 1.165) is 4.88 Å². The summed E-state index contributed by atoms with van der Waals surface area (Å²) in [5, 5.41) is 0.132. The minimum absolute atomic E-state index is 0.101. The van der Waals surface area contributed by atoms with Crippen molar-refractivity contribution in [3.63, 3.8) is 0 Å². The number of nitrogens with zero attached hydrogens (tertiary/aromatic N) is 2. The van der Waals surface area contributed by atoms with Gasteiger partial charge in [-0.3, -0.25) is 9.71 Å². The Labute approximate surface area is 108 Å². The Hall–Kier alpha value is -1.18. The van der Waals surface area contributed by atoms with Crippen LogP contribution in [0.1, 0.15) is 4.88 Å². The minimum Gasteiger partial charge on any atom is -0.261 e. The van der Waals surface area contributed by atoms with Gasteiger partial charge >= 0.3 is 0 Å². The summed E-state index contributed by atoms with van der Waals surface area (Å²) < 4.78 is 26.4. The lowest BCUT2D eigenvalue weighted by Gasteiger charge is -2.04. The van der Waals surface area contributed by atoms with E-state index in [4.69, 9.17) is 11.6 Å². The van der Waals surface area contributed by atoms with Gasteiger partial charge in [0.25, 0.3) is 10.0 Å². The van der Waals surface area contributed by atoms with E-state index in [1.165, 1.54) is 23.7 Å². The standard InChI is InChI=1S/C9H8ClN3O2S2/c1-6-2-3-9(16-6)17(14,15)13-8-5-11-4-7(10)12-8/h2-5H,1H3,(H,12,13). The smallest absolute Gasteiger partial charge is 0.261 e. The summed E-state index contributed by atoms with van der Waals surface area (Å²) in [6.07, 6.45) is 2.62. The Morgan fingerprint density at radius 1 is 1.35 bits per heavy atom. The van der Waals surface area contributed by atoms with E-state index in [1.54, 1.807) is 12.1 Å². The van der Waals surface area contributed by atoms with Crippen molar-refractivity contribution >= 4 is 38.8 Å². The van der Waals surface area contributed by atoms with E-state index in [0.29, 0.717) is 0 Å². The molecule has 0 aromatic carbocycles. The lowest BCUT2D eigenvalue weighted by Crippen LogP contribution is -2.12. The Bertz CT molecular complexity index is 639. The maximum atomic E-state index is 11.9. The second kappa shape index (κ2) is 4.59. The first kappa shape index (κ1) is 12.3. The van der Waals surface area contributed by atoms with Crippen molar-refractivity contribution in [3.05, 3.63) is 34.6 Å². The maximum Gasteiger partial charge on any atom is 0.272 e. The summed E-state index contributed by atoms with van der Waals surface area (Å²) >= 11 is 6.80. The van der Waals surface area contributed by atoms with E-state index in [2.05, 4.69) is 14.7 Å². The quantitative estimate of drug-likeness (QED) is 0.941. The van der Waals surface area contributed by atoms with Gasteiger partial charge in [0.05, 0.1) is 12.4 Å². The summed E-state index contributed by atoms with van der Waals surface area (Å²) in [5.41, 5.74) is 0. The number of aromatic nitrogens is 2. The fourth-order valence-corrected chi connectivity index (χ4v) is 3.55. The second-order valence-corrected chi connectivity index (χ2v) is 6.78. The molecule has 90 valence electrons. The van der Waals surface area contributed by atoms with Gasteiger partial charge in [0.15, 0.2) is 5.82 Å². The van der Waals surface area contributed by atoms with Gasteiger partial charge in [-0.15, -0.1) is 11.3 Å². The first-order valence-electron chi connectivity index (χ1n) is 4.54. The van der Waals surface area contributed by atoms with Crippen LogP contribution in [0.5, 0.6) is 0 Å². The highest BCUT2D eigenvalue weighted by Gasteiger charge is 2.17. The third-order valence-electron chi connectivity index (χ3n) is 1.82. The zero-order valence-corrected chi connectivity index (χ0v) is 11.1. The first-order valence-corrected chi connectivity index (χ1v) is 7.22. The number of hydrogen-bond donors (Lipinski definition) is 1. The maximum absolute atomic E-state index is 11.9. The van der Waals surface area contributed by atoms with Gasteiger partial charge in [-0.1, -0.05) is 11.6 Å². The molecule has 0 aliphatic carbocycles. The predicted octanol–water partition coefficient (Wildman–Crippen LogP) is 2.30. The molecule has 0 spiro atoms. The molecule has 17 heavy (non-hydrogen) atoms. The molecule has 2 aromatic rings. The topological polar surface area (TPSA) is 72.0 Å². The Morgan fingerprint density at radius 2 is 2.12 bits per heavy atom. The summed E-state index contributed by atoms with van der Waals surface area (Å²) in [6.45, 7) is 1.84. The molecule has 0 aliphatic rings. The van der Waals surface area contributed by atoms with Gasteiger partial charge in [0.2, 0.25) is 0 Å². The average molecular weight is 290 g/mol. The molecule has 2 heterocycles. The fraction of sp³-hybridized carbons (Fsp3) is 0.111. The molecular weight excluding hydrogens is 282 g/mol. The molecule has 0 aliphatic heterocycles. The molecule has 1 N–H and O–H groups in total. The van der Waals surface area contributed by atoms with Crippen LogP contribution in [0.4, 0.5) is 5.82 Å². The van der Waals surface area contributed by atoms with Crippen LogP contribution in [0, 0.1) is 6.92 Å². The highest BCUT2D eigenvalue weighted by Crippen LogP contribution is 2.22. The normalized spacial score (nSPS) is 11.4. The summed E-state index contributed by atoms with van der Waals surface area (Å²) in [7, 11) is -3.60. The van der Waals surface area contributed by atoms with E-state index in [-0.39, 0.29) is 15.2 Å². The first-order chi connectivity index (χ1) is 7.97. The number of aryl methyl sites for hydroxylation is 1. The monoisotopic (exact) mass is 289 g/mol. The van der Waals surface area contributed by atoms with Crippen molar-refractivity contribution in [3.8, 4) is 0 Å². The Balaban J connectivity index is 2.29. The molecule has 0 atom stereocenters. The molecule has 2 rings (SSSR count). The molecule has 0 saturated carbocycles. The third-order valence-corrected chi connectivity index (χ3v) is 4.85. The third kappa shape index (κ3) is 2.93. The van der Waals surface area contributed by atoms with Gasteiger partial charge in [-0.25, -0.2) is 13.4 Å². The van der Waals surface area contributed by atoms with Gasteiger partial charge < -0.3 is 0 Å². The number of nitrogens with one attached hydrogen (secondary N) is 1. The minimum atomic E-state index is -3.60. The van der Waals surface area contributed by atoms with Crippen LogP contribution in [0.25, 0.3) is 0 Å². The van der Waals surface area contributed by atoms with Crippen molar-refractivity contribution in [1.82, 2.24) is 9.97 Å². The second-order valence-electron chi connectivity index (χ2n) is 3.20. The van der Waals surface area contributed by atoms with Gasteiger partial charge in [-0.2, -0.15) is 0 Å². The average Bonchev–Trinajstić information content (AvgIpc) is 2.65. The van der Waals surface area contributed by atoms with E-state index in [9.17, 15) is 8.42 Å². The van der Waals surface area contributed by atoms with Crippen molar-refractivity contribution in [2.75, 3.05) is 4.72 Å². The van der Waals surface area contributed by atoms with Gasteiger partial charge in [0, 0.05) is 4.88 Å². The van der Waals surface area contributed by atoms with Crippen molar-refractivity contribution in [1.29, 1.82) is 0 Å². The molecule has 0 fully saturated rings. The SMILES string of the molecule is Cc1ccc(S(=O)(=O)Nc2cncc(Cl)n2)s1. The lowest BCUT2D eigenvalue weighted by molar-refractivity contribution is 0.603. The summed E-state index contributed by atoms with van der Waals surface area (Å²) in [4.78, 5) is 8.48. The highest BCUT2D eigenvalue weighted by molar-refractivity contribution is 7.94. The van der Waals surface area contributed by atoms with Crippen molar-refractivity contribution in [2.24, 2.45) is 0 Å². The number of rotatable bonds is 3. The van der Waals surface area contributed by atoms with Crippen LogP contribution >= 0.6 is 22.9 Å². The number of anilines is 1. The van der Waals surface area contributed by atoms with Crippen LogP contribution < -0.4 is 4.72 Å². The molecule has 0 amide bonds. The zero-order chi connectivity index (χ0) is 12.5. The number of thiophene rings is 1. The molecule has 8 heteroatoms. The van der Waals surface area contributed by atoms with Crippen LogP contribution in [0.15, 0.2) is 28.7 Å². The molecule has 5 nitrogen and oxygen atoms in total. The molecular formula is C9H8ClN3O2S2. The van der Waals surface area contributed by atoms with Crippen LogP contribution in [0.3, 0.4) is 0 Å². The number of halogens is 1. The van der Waals surface area contributed by atoms with Crippen molar-refractivity contribution < 1.29 is 8.42 Å². The van der Waals surface area contributed by atoms with Gasteiger partial charge in [-0.05, 0) is 19.1 Å². The molecule has 0 bridgehead atoms. The van der Waals surface area contributed by atoms with E-state index >= 15 is 0 Å². The van der Waals surface area contributed by atoms with Crippen LogP contribution in [0.2, 0.25) is 5.15 Å². The lowest BCUT2D eigenvalue weighted by atomic mass is 10.5. The number of hydrogen-bond acceptors (Lipinski definition) is 5. The van der Waals surface area contributed by atoms with Crippen LogP contribution in [-0.2, 0) is 10.0 Å². The summed E-state index contributed by atoms with van der Waals surface area (Å²) in [5.74, 6) is 0.101. The van der Waals surface area contributed by atoms with Gasteiger partial charge in [0.1, 0.15) is 9.36 Å². The Morgan fingerprint density at radius 3 is 2.71 bits per heavy atom. The van der Waals surface area contributed by atoms with Crippen LogP contribution in [-0.4, -0.2) is 18.4 Å². The molecule has 0 unspecified atom stereocenters. The van der Waals surface area contributed by atoms with E-state index in [1.807, 2.05) is 6.92 Å². The highest BCUT2D eigenvalue weighted by atomic mass is 35.5. The molecule has 0 saturated heterocycles. The molecule has 2 aromatic heterocycles. The molecule has 0 radical (unpaired) electrons. The number of sulfonamides is 1. The Kier molecular flexibility index (Phi) is 3.32. The predicted molar refractivity (Wildman–Crippen MR) is 66.9 cm³/mol. The summed E-state index contributed by atoms with van der Waals surface area (Å²) in [6, 6.07) is 3.28. The fourth-order valence-electron chi connectivity index (χ4n) is 1.14. The van der Waals surface area contributed by atoms with E-state index < -0.39 is 10.0 Å². The largest absolute Gasteiger partial charge is 0.272 e.